The fourth-order valence-electron chi connectivity index (χ4n) is 2.34. The summed E-state index contributed by atoms with van der Waals surface area (Å²) in [6, 6.07) is 15.4. The zero-order valence-corrected chi connectivity index (χ0v) is 14.9. The van der Waals surface area contributed by atoms with Gasteiger partial charge in [0.2, 0.25) is 0 Å². The lowest BCUT2D eigenvalue weighted by molar-refractivity contribution is -0.123. The van der Waals surface area contributed by atoms with Crippen LogP contribution in [0.5, 0.6) is 0 Å². The van der Waals surface area contributed by atoms with Gasteiger partial charge in [0.15, 0.2) is 0 Å². The maximum Gasteiger partial charge on any atom is 0.293 e. The van der Waals surface area contributed by atoms with Crippen LogP contribution in [0.2, 0.25) is 0 Å². The molecular formula is C18H14BrNO2S. The molecule has 23 heavy (non-hydrogen) atoms. The lowest BCUT2D eigenvalue weighted by Crippen LogP contribution is -2.27. The van der Waals surface area contributed by atoms with Gasteiger partial charge in [-0.3, -0.25) is 14.5 Å². The first kappa shape index (κ1) is 16.0. The van der Waals surface area contributed by atoms with Gasteiger partial charge < -0.3 is 0 Å². The highest BCUT2D eigenvalue weighted by Gasteiger charge is 2.34. The molecule has 0 N–H and O–H groups in total. The first-order valence-corrected chi connectivity index (χ1v) is 8.70. The molecule has 0 atom stereocenters. The molecule has 0 radical (unpaired) electrons. The number of hydrogen-bond acceptors (Lipinski definition) is 3. The van der Waals surface area contributed by atoms with Crippen LogP contribution < -0.4 is 0 Å². The molecule has 1 aliphatic rings. The van der Waals surface area contributed by atoms with Gasteiger partial charge in [-0.05, 0) is 48.0 Å². The Morgan fingerprint density at radius 1 is 1.13 bits per heavy atom. The minimum atomic E-state index is -0.232. The number of hydrogen-bond donors (Lipinski definition) is 0. The van der Waals surface area contributed by atoms with Gasteiger partial charge in [-0.1, -0.05) is 57.9 Å². The Morgan fingerprint density at radius 3 is 2.57 bits per heavy atom. The Balaban J connectivity index is 1.81. The van der Waals surface area contributed by atoms with E-state index in [1.54, 1.807) is 6.08 Å². The van der Waals surface area contributed by atoms with Crippen molar-refractivity contribution in [1.29, 1.82) is 0 Å². The van der Waals surface area contributed by atoms with Crippen molar-refractivity contribution in [3.63, 3.8) is 0 Å². The number of imide groups is 1. The van der Waals surface area contributed by atoms with Crippen molar-refractivity contribution in [3.8, 4) is 0 Å². The number of nitrogens with zero attached hydrogens (tertiary/aromatic N) is 1. The molecule has 1 fully saturated rings. The average molecular weight is 388 g/mol. The molecule has 3 nitrogen and oxygen atoms in total. The third-order valence-corrected chi connectivity index (χ3v) is 4.90. The zero-order chi connectivity index (χ0) is 16.4. The van der Waals surface area contributed by atoms with E-state index in [9.17, 15) is 9.59 Å². The molecule has 0 saturated carbocycles. The Hall–Kier alpha value is -1.85. The first-order chi connectivity index (χ1) is 11.0. The number of thioether (sulfide) groups is 1. The molecule has 1 saturated heterocycles. The van der Waals surface area contributed by atoms with E-state index in [0.717, 1.165) is 32.9 Å². The molecule has 0 aromatic heterocycles. The third-order valence-electron chi connectivity index (χ3n) is 3.46. The van der Waals surface area contributed by atoms with Crippen molar-refractivity contribution in [1.82, 2.24) is 4.90 Å². The van der Waals surface area contributed by atoms with Crippen LogP contribution in [0.15, 0.2) is 57.9 Å². The number of carbonyl (C=O) groups is 2. The number of rotatable bonds is 3. The Bertz CT molecular complexity index is 799. The summed E-state index contributed by atoms with van der Waals surface area (Å²) in [6.45, 7) is 2.30. The van der Waals surface area contributed by atoms with Gasteiger partial charge in [-0.15, -0.1) is 0 Å². The second-order valence-electron chi connectivity index (χ2n) is 5.31. The molecule has 1 heterocycles. The van der Waals surface area contributed by atoms with Gasteiger partial charge in [-0.2, -0.15) is 0 Å². The number of halogens is 1. The van der Waals surface area contributed by atoms with Crippen LogP contribution in [0.4, 0.5) is 4.79 Å². The van der Waals surface area contributed by atoms with E-state index in [2.05, 4.69) is 15.9 Å². The van der Waals surface area contributed by atoms with Gasteiger partial charge in [0.1, 0.15) is 0 Å². The number of aryl methyl sites for hydroxylation is 1. The molecule has 0 aliphatic carbocycles. The Labute approximate surface area is 147 Å². The molecule has 0 spiro atoms. The fraction of sp³-hybridized carbons (Fsp3) is 0.111. The summed E-state index contributed by atoms with van der Waals surface area (Å²) in [5, 5.41) is -0.222. The summed E-state index contributed by atoms with van der Waals surface area (Å²) in [5.41, 5.74) is 2.96. The molecule has 2 aromatic rings. The van der Waals surface area contributed by atoms with Gasteiger partial charge in [0.05, 0.1) is 11.4 Å². The summed E-state index contributed by atoms with van der Waals surface area (Å²) in [7, 11) is 0. The highest BCUT2D eigenvalue weighted by molar-refractivity contribution is 9.10. The van der Waals surface area contributed by atoms with Crippen LogP contribution in [-0.4, -0.2) is 16.0 Å². The minimum Gasteiger partial charge on any atom is -0.268 e. The molecule has 2 amide bonds. The van der Waals surface area contributed by atoms with Crippen LogP contribution in [0.25, 0.3) is 6.08 Å². The Morgan fingerprint density at radius 2 is 1.87 bits per heavy atom. The normalized spacial score (nSPS) is 16.4. The first-order valence-electron chi connectivity index (χ1n) is 7.09. The number of carbonyl (C=O) groups excluding carboxylic acids is 2. The van der Waals surface area contributed by atoms with E-state index in [1.807, 2.05) is 55.5 Å². The third kappa shape index (κ3) is 3.74. The van der Waals surface area contributed by atoms with Crippen molar-refractivity contribution < 1.29 is 9.59 Å². The molecule has 5 heteroatoms. The van der Waals surface area contributed by atoms with Crippen molar-refractivity contribution >= 4 is 44.9 Å². The van der Waals surface area contributed by atoms with Gasteiger partial charge in [0.25, 0.3) is 11.1 Å². The molecular weight excluding hydrogens is 374 g/mol. The van der Waals surface area contributed by atoms with Crippen LogP contribution in [0.3, 0.4) is 0 Å². The van der Waals surface area contributed by atoms with Crippen molar-refractivity contribution in [2.75, 3.05) is 0 Å². The predicted molar refractivity (Wildman–Crippen MR) is 96.8 cm³/mol. The summed E-state index contributed by atoms with van der Waals surface area (Å²) >= 11 is 4.37. The fourth-order valence-corrected chi connectivity index (χ4v) is 3.44. The van der Waals surface area contributed by atoms with E-state index >= 15 is 0 Å². The lowest BCUT2D eigenvalue weighted by Gasteiger charge is -2.12. The monoisotopic (exact) mass is 387 g/mol. The predicted octanol–water partition coefficient (Wildman–Crippen LogP) is 4.99. The van der Waals surface area contributed by atoms with E-state index < -0.39 is 0 Å². The van der Waals surface area contributed by atoms with Gasteiger partial charge in [0, 0.05) is 4.47 Å². The van der Waals surface area contributed by atoms with E-state index in [-0.39, 0.29) is 11.1 Å². The van der Waals surface area contributed by atoms with E-state index in [0.29, 0.717) is 11.4 Å². The zero-order valence-electron chi connectivity index (χ0n) is 12.5. The summed E-state index contributed by atoms with van der Waals surface area (Å²) in [5.74, 6) is -0.232. The van der Waals surface area contributed by atoms with Crippen LogP contribution >= 0.6 is 27.7 Å². The van der Waals surface area contributed by atoms with Crippen LogP contribution in [-0.2, 0) is 11.3 Å². The molecule has 0 bridgehead atoms. The van der Waals surface area contributed by atoms with Gasteiger partial charge in [-0.25, -0.2) is 0 Å². The average Bonchev–Trinajstić information content (AvgIpc) is 2.77. The highest BCUT2D eigenvalue weighted by atomic mass is 79.9. The Kier molecular flexibility index (Phi) is 4.68. The lowest BCUT2D eigenvalue weighted by atomic mass is 10.1. The molecule has 0 unspecified atom stereocenters. The standard InChI is InChI=1S/C18H14BrNO2S/c1-12-3-2-4-14(9-12)11-20-17(21)16(23-18(20)22)10-13-5-7-15(19)8-6-13/h2-10H,11H2,1H3/b16-10+. The van der Waals surface area contributed by atoms with Crippen molar-refractivity contribution in [2.24, 2.45) is 0 Å². The van der Waals surface area contributed by atoms with E-state index in [4.69, 9.17) is 0 Å². The summed E-state index contributed by atoms with van der Waals surface area (Å²) < 4.78 is 0.974. The second-order valence-corrected chi connectivity index (χ2v) is 7.22. The second kappa shape index (κ2) is 6.72. The highest BCUT2D eigenvalue weighted by Crippen LogP contribution is 2.33. The SMILES string of the molecule is Cc1cccc(CN2C(=O)S/C(=C/c3ccc(Br)cc3)C2=O)c1. The molecule has 3 rings (SSSR count). The number of benzene rings is 2. The molecule has 2 aromatic carbocycles. The maximum absolute atomic E-state index is 12.5. The van der Waals surface area contributed by atoms with Crippen LogP contribution in [0, 0.1) is 6.92 Å². The topological polar surface area (TPSA) is 37.4 Å². The van der Waals surface area contributed by atoms with Crippen molar-refractivity contribution in [3.05, 3.63) is 74.6 Å². The molecule has 1 aliphatic heterocycles. The smallest absolute Gasteiger partial charge is 0.268 e. The number of amides is 2. The van der Waals surface area contributed by atoms with Crippen LogP contribution in [0.1, 0.15) is 16.7 Å². The molecule has 116 valence electrons. The van der Waals surface area contributed by atoms with Crippen molar-refractivity contribution in [2.45, 2.75) is 13.5 Å². The maximum atomic E-state index is 12.5. The minimum absolute atomic E-state index is 0.222. The quantitative estimate of drug-likeness (QED) is 0.695. The summed E-state index contributed by atoms with van der Waals surface area (Å²) in [6.07, 6.45) is 1.76. The summed E-state index contributed by atoms with van der Waals surface area (Å²) in [4.78, 5) is 26.4. The van der Waals surface area contributed by atoms with Gasteiger partial charge >= 0.3 is 0 Å². The largest absolute Gasteiger partial charge is 0.293 e. The van der Waals surface area contributed by atoms with E-state index in [1.165, 1.54) is 4.90 Å².